The molecule has 19 heavy (non-hydrogen) atoms. The van der Waals surface area contributed by atoms with Crippen molar-refractivity contribution in [3.8, 4) is 0 Å². The Bertz CT molecular complexity index is 453. The Morgan fingerprint density at radius 2 is 2.00 bits per heavy atom. The monoisotopic (exact) mass is 331 g/mol. The zero-order valence-electron chi connectivity index (χ0n) is 12.0. The average Bonchev–Trinajstić information content (AvgIpc) is 2.66. The molecule has 1 aromatic heterocycles. The van der Waals surface area contributed by atoms with Crippen LogP contribution in [0.15, 0.2) is 4.47 Å². The lowest BCUT2D eigenvalue weighted by Crippen LogP contribution is -2.51. The Kier molecular flexibility index (Phi) is 5.55. The highest BCUT2D eigenvalue weighted by atomic mass is 79.9. The fourth-order valence-electron chi connectivity index (χ4n) is 2.14. The minimum absolute atomic E-state index is 0.484. The highest BCUT2D eigenvalue weighted by Crippen LogP contribution is 2.23. The number of carboxylic acid groups (broad SMARTS) is 1. The quantitative estimate of drug-likeness (QED) is 0.805. The second-order valence-corrected chi connectivity index (χ2v) is 5.43. The maximum absolute atomic E-state index is 11.4. The summed E-state index contributed by atoms with van der Waals surface area (Å²) in [5.41, 5.74) is 1.11. The molecule has 0 amide bonds. The van der Waals surface area contributed by atoms with Crippen LogP contribution >= 0.6 is 15.9 Å². The number of carboxylic acids is 1. The molecule has 0 spiro atoms. The van der Waals surface area contributed by atoms with E-state index < -0.39 is 11.5 Å². The van der Waals surface area contributed by atoms with E-state index in [2.05, 4.69) is 26.3 Å². The molecule has 0 aliphatic carbocycles. The second-order valence-electron chi connectivity index (χ2n) is 4.63. The van der Waals surface area contributed by atoms with Crippen LogP contribution in [0.4, 0.5) is 0 Å². The molecule has 0 fully saturated rings. The van der Waals surface area contributed by atoms with Gasteiger partial charge in [-0.3, -0.25) is 14.8 Å². The number of aliphatic carboxylic acids is 1. The van der Waals surface area contributed by atoms with Gasteiger partial charge in [0.15, 0.2) is 0 Å². The van der Waals surface area contributed by atoms with Crippen molar-refractivity contribution in [3.05, 3.63) is 15.9 Å². The van der Waals surface area contributed by atoms with E-state index in [1.807, 2.05) is 27.8 Å². The number of aryl methyl sites for hydroxylation is 2. The summed E-state index contributed by atoms with van der Waals surface area (Å²) in [6.07, 6.45) is 1.95. The van der Waals surface area contributed by atoms with Crippen molar-refractivity contribution < 1.29 is 9.90 Å². The third kappa shape index (κ3) is 3.17. The Morgan fingerprint density at radius 3 is 2.37 bits per heavy atom. The smallest absolute Gasteiger partial charge is 0.323 e. The highest BCUT2D eigenvalue weighted by Gasteiger charge is 2.34. The van der Waals surface area contributed by atoms with Crippen molar-refractivity contribution in [2.45, 2.75) is 52.1 Å². The van der Waals surface area contributed by atoms with E-state index in [0.717, 1.165) is 22.3 Å². The standard InChI is InChI=1S/C13H22BrN3O2/c1-5-9-11(14)10(17(4)16-9)8-15-13(6-2,7-3)12(18)19/h15H,5-8H2,1-4H3,(H,18,19). The summed E-state index contributed by atoms with van der Waals surface area (Å²) in [4.78, 5) is 11.4. The van der Waals surface area contributed by atoms with E-state index >= 15 is 0 Å². The Balaban J connectivity index is 2.92. The van der Waals surface area contributed by atoms with E-state index in [0.29, 0.717) is 19.4 Å². The number of hydrogen-bond donors (Lipinski definition) is 2. The van der Waals surface area contributed by atoms with E-state index in [9.17, 15) is 9.90 Å². The molecule has 0 saturated heterocycles. The van der Waals surface area contributed by atoms with Crippen LogP contribution in [-0.2, 0) is 24.8 Å². The Morgan fingerprint density at radius 1 is 1.42 bits per heavy atom. The molecule has 0 atom stereocenters. The molecule has 6 heteroatoms. The molecule has 2 N–H and O–H groups in total. The minimum Gasteiger partial charge on any atom is -0.480 e. The van der Waals surface area contributed by atoms with Gasteiger partial charge in [-0.2, -0.15) is 5.10 Å². The number of nitrogens with one attached hydrogen (secondary N) is 1. The number of rotatable bonds is 7. The highest BCUT2D eigenvalue weighted by molar-refractivity contribution is 9.10. The van der Waals surface area contributed by atoms with E-state index in [4.69, 9.17) is 0 Å². The zero-order valence-corrected chi connectivity index (χ0v) is 13.5. The molecule has 1 heterocycles. The van der Waals surface area contributed by atoms with Crippen LogP contribution in [0.2, 0.25) is 0 Å². The fourth-order valence-corrected chi connectivity index (χ4v) is 2.90. The number of nitrogens with zero attached hydrogens (tertiary/aromatic N) is 2. The van der Waals surface area contributed by atoms with Crippen molar-refractivity contribution in [1.29, 1.82) is 0 Å². The van der Waals surface area contributed by atoms with Gasteiger partial charge >= 0.3 is 5.97 Å². The molecule has 0 aliphatic rings. The summed E-state index contributed by atoms with van der Waals surface area (Å²) >= 11 is 3.54. The van der Waals surface area contributed by atoms with Gasteiger partial charge in [0, 0.05) is 13.6 Å². The lowest BCUT2D eigenvalue weighted by atomic mass is 9.93. The molecular formula is C13H22BrN3O2. The molecule has 1 aromatic rings. The summed E-state index contributed by atoms with van der Waals surface area (Å²) < 4.78 is 2.77. The maximum Gasteiger partial charge on any atom is 0.323 e. The molecule has 0 aliphatic heterocycles. The predicted octanol–water partition coefficient (Wildman–Crippen LogP) is 2.48. The first-order valence-electron chi connectivity index (χ1n) is 6.60. The average molecular weight is 332 g/mol. The molecule has 0 unspecified atom stereocenters. The molecule has 5 nitrogen and oxygen atoms in total. The minimum atomic E-state index is -0.865. The molecule has 0 radical (unpaired) electrons. The summed E-state index contributed by atoms with van der Waals surface area (Å²) in [7, 11) is 1.88. The number of halogens is 1. The van der Waals surface area contributed by atoms with Crippen molar-refractivity contribution in [2.75, 3.05) is 0 Å². The van der Waals surface area contributed by atoms with Crippen molar-refractivity contribution in [2.24, 2.45) is 7.05 Å². The largest absolute Gasteiger partial charge is 0.480 e. The van der Waals surface area contributed by atoms with Gasteiger partial charge in [-0.25, -0.2) is 0 Å². The molecule has 0 bridgehead atoms. The van der Waals surface area contributed by atoms with Crippen LogP contribution < -0.4 is 5.32 Å². The second kappa shape index (κ2) is 6.52. The van der Waals surface area contributed by atoms with Gasteiger partial charge < -0.3 is 5.11 Å². The van der Waals surface area contributed by atoms with Crippen LogP contribution in [0.3, 0.4) is 0 Å². The first kappa shape index (κ1) is 16.2. The van der Waals surface area contributed by atoms with Crippen LogP contribution in [0.25, 0.3) is 0 Å². The zero-order chi connectivity index (χ0) is 14.6. The lowest BCUT2D eigenvalue weighted by molar-refractivity contribution is -0.145. The summed E-state index contributed by atoms with van der Waals surface area (Å²) in [5, 5.41) is 17.0. The third-order valence-corrected chi connectivity index (χ3v) is 4.63. The number of hydrogen-bond acceptors (Lipinski definition) is 3. The molecule has 1 rings (SSSR count). The van der Waals surface area contributed by atoms with Gasteiger partial charge in [-0.1, -0.05) is 20.8 Å². The third-order valence-electron chi connectivity index (χ3n) is 3.71. The van der Waals surface area contributed by atoms with Gasteiger partial charge in [0.1, 0.15) is 5.54 Å². The molecular weight excluding hydrogens is 310 g/mol. The van der Waals surface area contributed by atoms with E-state index in [-0.39, 0.29) is 0 Å². The van der Waals surface area contributed by atoms with Gasteiger partial charge in [-0.05, 0) is 35.2 Å². The van der Waals surface area contributed by atoms with E-state index in [1.165, 1.54) is 0 Å². The summed E-state index contributed by atoms with van der Waals surface area (Å²) in [6, 6.07) is 0. The van der Waals surface area contributed by atoms with Crippen LogP contribution in [0.1, 0.15) is 45.0 Å². The number of aromatic nitrogens is 2. The first-order chi connectivity index (χ1) is 8.91. The van der Waals surface area contributed by atoms with Crippen molar-refractivity contribution in [3.63, 3.8) is 0 Å². The van der Waals surface area contributed by atoms with Crippen molar-refractivity contribution >= 4 is 21.9 Å². The SMILES string of the molecule is CCc1nn(C)c(CNC(CC)(CC)C(=O)O)c1Br. The predicted molar refractivity (Wildman–Crippen MR) is 78.1 cm³/mol. The molecule has 108 valence electrons. The fraction of sp³-hybridized carbons (Fsp3) is 0.692. The van der Waals surface area contributed by atoms with Crippen LogP contribution in [-0.4, -0.2) is 26.4 Å². The van der Waals surface area contributed by atoms with Gasteiger partial charge in [-0.15, -0.1) is 0 Å². The normalized spacial score (nSPS) is 11.8. The summed E-state index contributed by atoms with van der Waals surface area (Å²) in [6.45, 7) is 6.31. The first-order valence-corrected chi connectivity index (χ1v) is 7.39. The molecule has 0 saturated carbocycles. The van der Waals surface area contributed by atoms with Crippen LogP contribution in [0, 0.1) is 0 Å². The van der Waals surface area contributed by atoms with E-state index in [1.54, 1.807) is 4.68 Å². The van der Waals surface area contributed by atoms with Crippen molar-refractivity contribution in [1.82, 2.24) is 15.1 Å². The Labute approximate surface area is 122 Å². The molecule has 0 aromatic carbocycles. The Hall–Kier alpha value is -0.880. The number of carbonyl (C=O) groups is 1. The maximum atomic E-state index is 11.4. The van der Waals surface area contributed by atoms with Gasteiger partial charge in [0.2, 0.25) is 0 Å². The van der Waals surface area contributed by atoms with Crippen LogP contribution in [0.5, 0.6) is 0 Å². The topological polar surface area (TPSA) is 67.2 Å². The lowest BCUT2D eigenvalue weighted by Gasteiger charge is -2.28. The van der Waals surface area contributed by atoms with Gasteiger partial charge in [0.25, 0.3) is 0 Å². The summed E-state index contributed by atoms with van der Waals surface area (Å²) in [5.74, 6) is -0.800. The van der Waals surface area contributed by atoms with Gasteiger partial charge in [0.05, 0.1) is 15.9 Å².